The second-order valence-corrected chi connectivity index (χ2v) is 6.97. The van der Waals surface area contributed by atoms with Crippen molar-refractivity contribution in [1.29, 1.82) is 0 Å². The number of rotatable bonds is 6. The summed E-state index contributed by atoms with van der Waals surface area (Å²) in [6.45, 7) is 10.3. The van der Waals surface area contributed by atoms with Crippen molar-refractivity contribution in [2.75, 3.05) is 19.6 Å². The number of amides is 1. The van der Waals surface area contributed by atoms with Gasteiger partial charge >= 0.3 is 0 Å². The summed E-state index contributed by atoms with van der Waals surface area (Å²) >= 11 is 1.80. The lowest BCUT2D eigenvalue weighted by molar-refractivity contribution is -0.121. The summed E-state index contributed by atoms with van der Waals surface area (Å²) in [6, 6.07) is 0. The summed E-state index contributed by atoms with van der Waals surface area (Å²) in [7, 11) is 0. The molecule has 0 unspecified atom stereocenters. The Balaban J connectivity index is 1.75. The van der Waals surface area contributed by atoms with Gasteiger partial charge < -0.3 is 5.32 Å². The molecule has 2 heterocycles. The first-order valence-electron chi connectivity index (χ1n) is 7.50. The van der Waals surface area contributed by atoms with Crippen molar-refractivity contribution in [2.24, 2.45) is 5.92 Å². The number of likely N-dealkylation sites (tertiary alicyclic amines) is 1. The molecule has 1 aromatic heterocycles. The molecule has 1 amide bonds. The van der Waals surface area contributed by atoms with Crippen molar-refractivity contribution in [1.82, 2.24) is 15.2 Å². The summed E-state index contributed by atoms with van der Waals surface area (Å²) in [5.74, 6) is 0.796. The van der Waals surface area contributed by atoms with Crippen LogP contribution in [0.3, 0.4) is 0 Å². The van der Waals surface area contributed by atoms with Crippen molar-refractivity contribution < 1.29 is 4.79 Å². The topological polar surface area (TPSA) is 45.2 Å². The molecule has 20 heavy (non-hydrogen) atoms. The fourth-order valence-corrected chi connectivity index (χ4v) is 3.70. The average Bonchev–Trinajstić information content (AvgIpc) is 2.95. The highest BCUT2D eigenvalue weighted by Crippen LogP contribution is 2.23. The Hall–Kier alpha value is -0.940. The minimum absolute atomic E-state index is 0.194. The number of aryl methyl sites for hydroxylation is 2. The molecule has 1 saturated heterocycles. The minimum atomic E-state index is 0.194. The van der Waals surface area contributed by atoms with Crippen molar-refractivity contribution in [3.63, 3.8) is 0 Å². The summed E-state index contributed by atoms with van der Waals surface area (Å²) in [5.41, 5.74) is 1.17. The van der Waals surface area contributed by atoms with Crippen molar-refractivity contribution >= 4 is 17.2 Å². The van der Waals surface area contributed by atoms with E-state index >= 15 is 0 Å². The predicted molar refractivity (Wildman–Crippen MR) is 82.9 cm³/mol. The third-order valence-electron chi connectivity index (χ3n) is 3.80. The number of carbonyl (C=O) groups excluding carboxylic acids is 1. The van der Waals surface area contributed by atoms with Crippen LogP contribution in [-0.2, 0) is 11.3 Å². The van der Waals surface area contributed by atoms with E-state index in [1.807, 2.05) is 6.92 Å². The Bertz CT molecular complexity index is 458. The highest BCUT2D eigenvalue weighted by Gasteiger charge is 2.23. The maximum Gasteiger partial charge on any atom is 0.219 e. The number of thiazole rings is 1. The Morgan fingerprint density at radius 1 is 1.50 bits per heavy atom. The van der Waals surface area contributed by atoms with Gasteiger partial charge in [0, 0.05) is 30.9 Å². The fraction of sp³-hybridized carbons (Fsp3) is 0.733. The third-order valence-corrected chi connectivity index (χ3v) is 4.86. The lowest BCUT2D eigenvalue weighted by Crippen LogP contribution is -2.30. The van der Waals surface area contributed by atoms with Gasteiger partial charge in [0.2, 0.25) is 5.91 Å². The van der Waals surface area contributed by atoms with Crippen LogP contribution in [0.2, 0.25) is 0 Å². The molecule has 1 aromatic rings. The highest BCUT2D eigenvalue weighted by atomic mass is 32.1. The van der Waals surface area contributed by atoms with Crippen LogP contribution in [-0.4, -0.2) is 35.4 Å². The molecule has 1 aliphatic heterocycles. The molecule has 1 N–H and O–H groups in total. The molecule has 4 nitrogen and oxygen atoms in total. The Kier molecular flexibility index (Phi) is 5.54. The van der Waals surface area contributed by atoms with E-state index in [2.05, 4.69) is 29.0 Å². The summed E-state index contributed by atoms with van der Waals surface area (Å²) in [6.07, 6.45) is 2.76. The average molecular weight is 295 g/mol. The molecule has 112 valence electrons. The van der Waals surface area contributed by atoms with Crippen LogP contribution in [0.25, 0.3) is 0 Å². The van der Waals surface area contributed by atoms with Gasteiger partial charge in [0.05, 0.1) is 10.7 Å². The van der Waals surface area contributed by atoms with Gasteiger partial charge in [0.15, 0.2) is 0 Å². The smallest absolute Gasteiger partial charge is 0.219 e. The van der Waals surface area contributed by atoms with Gasteiger partial charge in [-0.3, -0.25) is 9.69 Å². The number of nitrogens with one attached hydrogen (secondary N) is 1. The van der Waals surface area contributed by atoms with Gasteiger partial charge in [0.25, 0.3) is 0 Å². The van der Waals surface area contributed by atoms with E-state index in [1.54, 1.807) is 11.3 Å². The molecule has 1 aliphatic rings. The molecule has 0 saturated carbocycles. The van der Waals surface area contributed by atoms with E-state index < -0.39 is 0 Å². The summed E-state index contributed by atoms with van der Waals surface area (Å²) in [4.78, 5) is 19.8. The maximum absolute atomic E-state index is 11.5. The molecule has 0 spiro atoms. The number of aromatic nitrogens is 1. The molecular weight excluding hydrogens is 270 g/mol. The van der Waals surface area contributed by atoms with Crippen molar-refractivity contribution in [3.05, 3.63) is 15.6 Å². The molecule has 0 radical (unpaired) electrons. The van der Waals surface area contributed by atoms with Crippen LogP contribution in [0.1, 0.15) is 41.8 Å². The van der Waals surface area contributed by atoms with Crippen LogP contribution in [0.4, 0.5) is 0 Å². The lowest BCUT2D eigenvalue weighted by Gasteiger charge is -2.15. The van der Waals surface area contributed by atoms with Gasteiger partial charge in [-0.2, -0.15) is 0 Å². The monoisotopic (exact) mass is 295 g/mol. The van der Waals surface area contributed by atoms with E-state index in [4.69, 9.17) is 0 Å². The number of hydrogen-bond acceptors (Lipinski definition) is 4. The molecule has 2 rings (SSSR count). The fourth-order valence-electron chi connectivity index (χ4n) is 2.72. The second-order valence-electron chi connectivity index (χ2n) is 5.69. The zero-order valence-electron chi connectivity index (χ0n) is 12.7. The van der Waals surface area contributed by atoms with E-state index in [0.717, 1.165) is 37.6 Å². The first-order chi connectivity index (χ1) is 9.58. The third kappa shape index (κ3) is 4.28. The standard InChI is InChI=1S/C15H25N3OS/c1-4-5-15(19)16-8-13-6-7-18(9-13)10-14-11(2)17-12(3)20-14/h13H,4-10H2,1-3H3,(H,16,19)/t13-/m0/s1. The zero-order chi connectivity index (χ0) is 14.5. The van der Waals surface area contributed by atoms with Crippen LogP contribution < -0.4 is 5.32 Å². The quantitative estimate of drug-likeness (QED) is 0.877. The van der Waals surface area contributed by atoms with E-state index in [0.29, 0.717) is 12.3 Å². The van der Waals surface area contributed by atoms with Crippen LogP contribution in [0.15, 0.2) is 0 Å². The number of hydrogen-bond donors (Lipinski definition) is 1. The van der Waals surface area contributed by atoms with Gasteiger partial charge in [-0.15, -0.1) is 11.3 Å². The SMILES string of the molecule is CCCC(=O)NC[C@@H]1CCN(Cc2sc(C)nc2C)C1. The molecule has 1 atom stereocenters. The van der Waals surface area contributed by atoms with Gasteiger partial charge in [0.1, 0.15) is 0 Å². The molecule has 0 bridgehead atoms. The zero-order valence-corrected chi connectivity index (χ0v) is 13.6. The Morgan fingerprint density at radius 2 is 2.30 bits per heavy atom. The van der Waals surface area contributed by atoms with Crippen molar-refractivity contribution in [3.8, 4) is 0 Å². The summed E-state index contributed by atoms with van der Waals surface area (Å²) in [5, 5.41) is 4.20. The van der Waals surface area contributed by atoms with Crippen LogP contribution in [0, 0.1) is 19.8 Å². The first kappa shape index (κ1) is 15.4. The molecule has 5 heteroatoms. The summed E-state index contributed by atoms with van der Waals surface area (Å²) < 4.78 is 0. The number of carbonyl (C=O) groups is 1. The van der Waals surface area contributed by atoms with E-state index in [1.165, 1.54) is 17.0 Å². The minimum Gasteiger partial charge on any atom is -0.356 e. The second kappa shape index (κ2) is 7.18. The Labute approximate surface area is 125 Å². The maximum atomic E-state index is 11.5. The molecular formula is C15H25N3OS. The first-order valence-corrected chi connectivity index (χ1v) is 8.32. The molecule has 0 aromatic carbocycles. The molecule has 1 fully saturated rings. The van der Waals surface area contributed by atoms with Crippen LogP contribution in [0.5, 0.6) is 0 Å². The van der Waals surface area contributed by atoms with Crippen LogP contribution >= 0.6 is 11.3 Å². The van der Waals surface area contributed by atoms with Gasteiger partial charge in [-0.1, -0.05) is 6.92 Å². The normalized spacial score (nSPS) is 19.4. The largest absolute Gasteiger partial charge is 0.356 e. The predicted octanol–water partition coefficient (Wildman–Crippen LogP) is 2.50. The van der Waals surface area contributed by atoms with E-state index in [9.17, 15) is 4.79 Å². The van der Waals surface area contributed by atoms with Gasteiger partial charge in [-0.05, 0) is 39.2 Å². The Morgan fingerprint density at radius 3 is 2.95 bits per heavy atom. The van der Waals surface area contributed by atoms with Crippen molar-refractivity contribution in [2.45, 2.75) is 46.6 Å². The van der Waals surface area contributed by atoms with E-state index in [-0.39, 0.29) is 5.91 Å². The van der Waals surface area contributed by atoms with Gasteiger partial charge in [-0.25, -0.2) is 4.98 Å². The molecule has 0 aliphatic carbocycles. The highest BCUT2D eigenvalue weighted by molar-refractivity contribution is 7.11. The lowest BCUT2D eigenvalue weighted by atomic mass is 10.1. The number of nitrogens with zero attached hydrogens (tertiary/aromatic N) is 2.